The van der Waals surface area contributed by atoms with Crippen LogP contribution in [-0.2, 0) is 26.2 Å². The monoisotopic (exact) mass is 456 g/mol. The number of fused-ring (bicyclic) bond motifs is 1. The van der Waals surface area contributed by atoms with Crippen LogP contribution >= 0.6 is 0 Å². The molecule has 0 fully saturated rings. The van der Waals surface area contributed by atoms with Crippen LogP contribution in [0.3, 0.4) is 0 Å². The Morgan fingerprint density at radius 3 is 2.41 bits per heavy atom. The zero-order chi connectivity index (χ0) is 23.3. The smallest absolute Gasteiger partial charge is 0.308 e. The number of ether oxygens (including phenoxy) is 2. The molecule has 3 aromatic rings. The van der Waals surface area contributed by atoms with E-state index in [4.69, 9.17) is 9.47 Å². The van der Waals surface area contributed by atoms with Gasteiger partial charge in [0.15, 0.2) is 0 Å². The average Bonchev–Trinajstić information content (AvgIpc) is 2.77. The molecule has 3 rings (SSSR count). The lowest BCUT2D eigenvalue weighted by Crippen LogP contribution is -2.30. The number of nitrogens with zero attached hydrogens (tertiary/aromatic N) is 1. The molecular weight excluding hydrogens is 432 g/mol. The highest BCUT2D eigenvalue weighted by atomic mass is 32.2. The van der Waals surface area contributed by atoms with Gasteiger partial charge in [-0.05, 0) is 31.2 Å². The number of pyridine rings is 1. The number of esters is 1. The van der Waals surface area contributed by atoms with E-state index < -0.39 is 15.9 Å². The van der Waals surface area contributed by atoms with Crippen molar-refractivity contribution in [2.45, 2.75) is 32.3 Å². The number of sulfonamides is 1. The fourth-order valence-electron chi connectivity index (χ4n) is 2.96. The molecule has 8 nitrogen and oxygen atoms in total. The molecule has 0 saturated heterocycles. The second-order valence-corrected chi connectivity index (χ2v) is 8.93. The predicted molar refractivity (Wildman–Crippen MR) is 119 cm³/mol. The minimum Gasteiger partial charge on any atom is -0.493 e. The van der Waals surface area contributed by atoms with Gasteiger partial charge in [-0.2, -0.15) is 0 Å². The van der Waals surface area contributed by atoms with Crippen molar-refractivity contribution in [1.29, 1.82) is 0 Å². The summed E-state index contributed by atoms with van der Waals surface area (Å²) in [6.45, 7) is 5.68. The predicted octanol–water partition coefficient (Wildman–Crippen LogP) is 3.45. The van der Waals surface area contributed by atoms with Crippen LogP contribution in [0.15, 0.2) is 59.6 Å². The van der Waals surface area contributed by atoms with Crippen LogP contribution in [0.5, 0.6) is 5.75 Å². The van der Waals surface area contributed by atoms with E-state index in [9.17, 15) is 18.0 Å². The number of hydrogen-bond donors (Lipinski definition) is 1. The van der Waals surface area contributed by atoms with E-state index in [-0.39, 0.29) is 29.0 Å². The molecule has 1 heterocycles. The van der Waals surface area contributed by atoms with Gasteiger partial charge in [-0.3, -0.25) is 14.6 Å². The van der Waals surface area contributed by atoms with Gasteiger partial charge in [0, 0.05) is 17.0 Å². The van der Waals surface area contributed by atoms with Crippen molar-refractivity contribution in [3.63, 3.8) is 0 Å². The van der Waals surface area contributed by atoms with Crippen molar-refractivity contribution in [2.24, 2.45) is 5.92 Å². The molecule has 0 aliphatic heterocycles. The number of rotatable bonds is 8. The molecule has 0 unspecified atom stereocenters. The van der Waals surface area contributed by atoms with Crippen LogP contribution in [0.2, 0.25) is 0 Å². The molecule has 168 valence electrons. The number of carbonyl (C=O) groups is 2. The summed E-state index contributed by atoms with van der Waals surface area (Å²) in [6, 6.07) is 12.8. The van der Waals surface area contributed by atoms with Crippen LogP contribution in [-0.4, -0.2) is 31.9 Å². The normalized spacial score (nSPS) is 11.4. The van der Waals surface area contributed by atoms with Crippen LogP contribution in [0.4, 0.5) is 0 Å². The van der Waals surface area contributed by atoms with Crippen molar-refractivity contribution in [3.8, 4) is 5.75 Å². The third-order valence-electron chi connectivity index (χ3n) is 4.58. The van der Waals surface area contributed by atoms with E-state index in [1.807, 2.05) is 6.92 Å². The van der Waals surface area contributed by atoms with Gasteiger partial charge < -0.3 is 9.47 Å². The highest BCUT2D eigenvalue weighted by Crippen LogP contribution is 2.30. The number of aromatic nitrogens is 1. The molecule has 0 aliphatic carbocycles. The van der Waals surface area contributed by atoms with E-state index in [0.29, 0.717) is 28.8 Å². The maximum absolute atomic E-state index is 13.0. The van der Waals surface area contributed by atoms with E-state index in [1.165, 1.54) is 24.4 Å². The maximum Gasteiger partial charge on any atom is 0.308 e. The Morgan fingerprint density at radius 2 is 1.75 bits per heavy atom. The number of amides is 1. The third kappa shape index (κ3) is 5.23. The van der Waals surface area contributed by atoms with Gasteiger partial charge in [0.05, 0.1) is 28.7 Å². The SMILES string of the molecule is CCOc1cccc2c(S(=O)(=O)NC(=O)c3ccc(COC(=O)C(C)C)nc3)cccc12. The lowest BCUT2D eigenvalue weighted by molar-refractivity contribution is -0.148. The summed E-state index contributed by atoms with van der Waals surface area (Å²) in [5, 5.41) is 1.07. The Labute approximate surface area is 186 Å². The fourth-order valence-corrected chi connectivity index (χ4v) is 4.16. The van der Waals surface area contributed by atoms with Gasteiger partial charge in [0.1, 0.15) is 12.4 Å². The summed E-state index contributed by atoms with van der Waals surface area (Å²) in [7, 11) is -4.16. The van der Waals surface area contributed by atoms with Gasteiger partial charge in [-0.1, -0.05) is 38.1 Å². The highest BCUT2D eigenvalue weighted by Gasteiger charge is 2.22. The minimum absolute atomic E-state index is 0.0323. The molecule has 0 spiro atoms. The lowest BCUT2D eigenvalue weighted by atomic mass is 10.1. The molecule has 0 atom stereocenters. The van der Waals surface area contributed by atoms with E-state index in [0.717, 1.165) is 0 Å². The summed E-state index contributed by atoms with van der Waals surface area (Å²) in [5.41, 5.74) is 0.499. The molecule has 1 amide bonds. The first kappa shape index (κ1) is 23.2. The molecule has 2 aromatic carbocycles. The van der Waals surface area contributed by atoms with Gasteiger partial charge in [0.2, 0.25) is 0 Å². The second kappa shape index (κ2) is 9.78. The zero-order valence-electron chi connectivity index (χ0n) is 18.0. The van der Waals surface area contributed by atoms with Crippen LogP contribution < -0.4 is 9.46 Å². The topological polar surface area (TPSA) is 112 Å². The largest absolute Gasteiger partial charge is 0.493 e. The van der Waals surface area contributed by atoms with Gasteiger partial charge in [0.25, 0.3) is 15.9 Å². The van der Waals surface area contributed by atoms with E-state index >= 15 is 0 Å². The van der Waals surface area contributed by atoms with Crippen LogP contribution in [0.1, 0.15) is 36.8 Å². The van der Waals surface area contributed by atoms with Gasteiger partial charge in [-0.15, -0.1) is 0 Å². The Hall–Kier alpha value is -3.46. The molecular formula is C23H24N2O6S. The highest BCUT2D eigenvalue weighted by molar-refractivity contribution is 7.90. The van der Waals surface area contributed by atoms with Crippen molar-refractivity contribution in [2.75, 3.05) is 6.61 Å². The van der Waals surface area contributed by atoms with Gasteiger partial charge in [-0.25, -0.2) is 13.1 Å². The average molecular weight is 457 g/mol. The first-order chi connectivity index (χ1) is 15.2. The maximum atomic E-state index is 13.0. The molecule has 0 radical (unpaired) electrons. The molecule has 1 aromatic heterocycles. The summed E-state index contributed by atoms with van der Waals surface area (Å²) in [6.07, 6.45) is 1.24. The Bertz CT molecular complexity index is 1240. The Balaban J connectivity index is 1.79. The standard InChI is InChI=1S/C23H24N2O6S/c1-4-30-20-9-5-8-19-18(20)7-6-10-21(19)32(28,29)25-22(26)16-11-12-17(24-13-16)14-31-23(27)15(2)3/h5-13,15H,4,14H2,1-3H3,(H,25,26). The Morgan fingerprint density at radius 1 is 1.03 bits per heavy atom. The minimum atomic E-state index is -4.16. The quantitative estimate of drug-likeness (QED) is 0.517. The van der Waals surface area contributed by atoms with E-state index in [1.54, 1.807) is 44.2 Å². The molecule has 0 aliphatic rings. The molecule has 0 saturated carbocycles. The van der Waals surface area contributed by atoms with E-state index in [2.05, 4.69) is 9.71 Å². The lowest BCUT2D eigenvalue weighted by Gasteiger charge is -2.12. The number of benzene rings is 2. The number of carbonyl (C=O) groups excluding carboxylic acids is 2. The first-order valence-corrected chi connectivity index (χ1v) is 11.5. The van der Waals surface area contributed by atoms with Crippen molar-refractivity contribution >= 4 is 32.7 Å². The summed E-state index contributed by atoms with van der Waals surface area (Å²) < 4.78 is 38.7. The van der Waals surface area contributed by atoms with Gasteiger partial charge >= 0.3 is 5.97 Å². The summed E-state index contributed by atoms with van der Waals surface area (Å²) in [5.74, 6) is -0.876. The van der Waals surface area contributed by atoms with Crippen molar-refractivity contribution < 1.29 is 27.5 Å². The molecule has 9 heteroatoms. The summed E-state index contributed by atoms with van der Waals surface area (Å²) in [4.78, 5) is 28.1. The van der Waals surface area contributed by atoms with Crippen molar-refractivity contribution in [3.05, 3.63) is 66.0 Å². The first-order valence-electron chi connectivity index (χ1n) is 10.1. The van der Waals surface area contributed by atoms with Crippen LogP contribution in [0, 0.1) is 5.92 Å². The number of hydrogen-bond acceptors (Lipinski definition) is 7. The fraction of sp³-hybridized carbons (Fsp3) is 0.261. The van der Waals surface area contributed by atoms with Crippen LogP contribution in [0.25, 0.3) is 10.8 Å². The number of nitrogens with one attached hydrogen (secondary N) is 1. The zero-order valence-corrected chi connectivity index (χ0v) is 18.8. The second-order valence-electron chi connectivity index (χ2n) is 7.28. The van der Waals surface area contributed by atoms with Crippen molar-refractivity contribution in [1.82, 2.24) is 9.71 Å². The third-order valence-corrected chi connectivity index (χ3v) is 5.97. The molecule has 1 N–H and O–H groups in total. The summed E-state index contributed by atoms with van der Waals surface area (Å²) >= 11 is 0. The Kier molecular flexibility index (Phi) is 7.09. The molecule has 0 bridgehead atoms. The molecule has 32 heavy (non-hydrogen) atoms.